The van der Waals surface area contributed by atoms with Crippen LogP contribution in [0.1, 0.15) is 117 Å². The molecule has 0 fully saturated rings. The van der Waals surface area contributed by atoms with Gasteiger partial charge in [-0.2, -0.15) is 0 Å². The Balaban J connectivity index is 3.63. The van der Waals surface area contributed by atoms with Crippen molar-refractivity contribution in [2.75, 3.05) is 27.7 Å². The van der Waals surface area contributed by atoms with Crippen molar-refractivity contribution in [1.29, 1.82) is 0 Å². The van der Waals surface area contributed by atoms with Gasteiger partial charge in [-0.3, -0.25) is 4.57 Å². The highest BCUT2D eigenvalue weighted by Gasteiger charge is 2.41. The van der Waals surface area contributed by atoms with E-state index in [1.54, 1.807) is 0 Å². The molecular formula is C25H53NO3P+. The van der Waals surface area contributed by atoms with E-state index in [2.05, 4.69) is 19.1 Å². The van der Waals surface area contributed by atoms with Crippen LogP contribution in [0.3, 0.4) is 0 Å². The molecule has 2 unspecified atom stereocenters. The van der Waals surface area contributed by atoms with E-state index in [0.29, 0.717) is 17.5 Å². The second kappa shape index (κ2) is 18.4. The van der Waals surface area contributed by atoms with E-state index in [0.717, 1.165) is 32.1 Å². The van der Waals surface area contributed by atoms with Crippen LogP contribution in [0, 0.1) is 0 Å². The number of hydrogen-bond donors (Lipinski definition) is 1. The SMILES string of the molecule is CCCCCCCCCCC/C=C\CCCCCOP(=O)(O)C(CCC)[N+](C)(C)C. The third kappa shape index (κ3) is 16.5. The highest BCUT2D eigenvalue weighted by Crippen LogP contribution is 2.51. The third-order valence-electron chi connectivity index (χ3n) is 5.75. The van der Waals surface area contributed by atoms with Gasteiger partial charge in [-0.05, 0) is 38.5 Å². The van der Waals surface area contributed by atoms with Gasteiger partial charge in [0.2, 0.25) is 0 Å². The largest absolute Gasteiger partial charge is 0.385 e. The van der Waals surface area contributed by atoms with E-state index in [1.165, 1.54) is 64.2 Å². The quantitative estimate of drug-likeness (QED) is 0.0839. The number of allylic oxidation sites excluding steroid dienone is 2. The lowest BCUT2D eigenvalue weighted by Gasteiger charge is -2.35. The van der Waals surface area contributed by atoms with Crippen molar-refractivity contribution >= 4 is 7.60 Å². The van der Waals surface area contributed by atoms with Crippen molar-refractivity contribution in [3.8, 4) is 0 Å². The molecule has 0 spiro atoms. The molecule has 0 heterocycles. The molecular weight excluding hydrogens is 393 g/mol. The minimum atomic E-state index is -3.57. The van der Waals surface area contributed by atoms with Crippen LogP contribution in [0.15, 0.2) is 12.2 Å². The molecule has 0 radical (unpaired) electrons. The van der Waals surface area contributed by atoms with Crippen LogP contribution in [0.4, 0.5) is 0 Å². The maximum absolute atomic E-state index is 12.6. The zero-order valence-corrected chi connectivity index (χ0v) is 21.8. The second-order valence-electron chi connectivity index (χ2n) is 9.72. The average molecular weight is 447 g/mol. The summed E-state index contributed by atoms with van der Waals surface area (Å²) in [4.78, 5) is 10.4. The Labute approximate surface area is 188 Å². The smallest absolute Gasteiger partial charge is 0.320 e. The Morgan fingerprint density at radius 3 is 1.70 bits per heavy atom. The Hall–Kier alpha value is -0.150. The number of rotatable bonds is 21. The first-order valence-electron chi connectivity index (χ1n) is 12.7. The Bertz CT molecular complexity index is 460. The van der Waals surface area contributed by atoms with Crippen molar-refractivity contribution in [2.24, 2.45) is 0 Å². The van der Waals surface area contributed by atoms with Crippen LogP contribution in [-0.2, 0) is 9.09 Å². The second-order valence-corrected chi connectivity index (χ2v) is 11.7. The van der Waals surface area contributed by atoms with Crippen LogP contribution in [0.25, 0.3) is 0 Å². The van der Waals surface area contributed by atoms with Crippen molar-refractivity contribution in [3.05, 3.63) is 12.2 Å². The fraction of sp³-hybridized carbons (Fsp3) is 0.920. The van der Waals surface area contributed by atoms with Crippen molar-refractivity contribution in [3.63, 3.8) is 0 Å². The Kier molecular flexibility index (Phi) is 18.3. The van der Waals surface area contributed by atoms with Gasteiger partial charge in [0, 0.05) is 6.42 Å². The van der Waals surface area contributed by atoms with E-state index in [-0.39, 0.29) is 5.78 Å². The summed E-state index contributed by atoms with van der Waals surface area (Å²) in [5.41, 5.74) is 0. The standard InChI is InChI=1S/C25H52NO3P/c1-6-8-9-10-11-12-13-14-15-16-17-18-19-20-21-22-24-29-30(27,28)25(23-7-2)26(3,4)5/h17-18,25H,6-16,19-24H2,1-5H3/p+1/b18-17-. The molecule has 0 aromatic carbocycles. The third-order valence-corrected chi connectivity index (χ3v) is 8.01. The first kappa shape index (κ1) is 29.9. The van der Waals surface area contributed by atoms with E-state index in [4.69, 9.17) is 4.52 Å². The number of nitrogens with zero attached hydrogens (tertiary/aromatic N) is 1. The van der Waals surface area contributed by atoms with Crippen LogP contribution in [-0.4, -0.2) is 42.9 Å². The highest BCUT2D eigenvalue weighted by molar-refractivity contribution is 7.53. The number of quaternary nitrogens is 1. The van der Waals surface area contributed by atoms with Gasteiger partial charge >= 0.3 is 7.60 Å². The molecule has 0 aliphatic rings. The maximum atomic E-state index is 12.6. The molecule has 0 saturated carbocycles. The predicted octanol–water partition coefficient (Wildman–Crippen LogP) is 8.06. The molecule has 4 nitrogen and oxygen atoms in total. The first-order valence-corrected chi connectivity index (χ1v) is 14.3. The zero-order valence-electron chi connectivity index (χ0n) is 20.9. The highest BCUT2D eigenvalue weighted by atomic mass is 31.2. The minimum absolute atomic E-state index is 0.341. The maximum Gasteiger partial charge on any atom is 0.385 e. The summed E-state index contributed by atoms with van der Waals surface area (Å²) < 4.78 is 18.5. The Morgan fingerprint density at radius 2 is 1.23 bits per heavy atom. The molecule has 0 aliphatic heterocycles. The van der Waals surface area contributed by atoms with Crippen LogP contribution < -0.4 is 0 Å². The van der Waals surface area contributed by atoms with E-state index >= 15 is 0 Å². The number of unbranched alkanes of at least 4 members (excludes halogenated alkanes) is 12. The van der Waals surface area contributed by atoms with Gasteiger partial charge in [0.25, 0.3) is 0 Å². The van der Waals surface area contributed by atoms with Crippen molar-refractivity contribution in [1.82, 2.24) is 0 Å². The van der Waals surface area contributed by atoms with E-state index in [9.17, 15) is 9.46 Å². The molecule has 30 heavy (non-hydrogen) atoms. The minimum Gasteiger partial charge on any atom is -0.320 e. The average Bonchev–Trinajstić information content (AvgIpc) is 2.67. The van der Waals surface area contributed by atoms with Gasteiger partial charge in [-0.25, -0.2) is 0 Å². The van der Waals surface area contributed by atoms with Crippen LogP contribution in [0.5, 0.6) is 0 Å². The fourth-order valence-corrected chi connectivity index (χ4v) is 5.90. The summed E-state index contributed by atoms with van der Waals surface area (Å²) in [6.45, 7) is 4.70. The summed E-state index contributed by atoms with van der Waals surface area (Å²) >= 11 is 0. The van der Waals surface area contributed by atoms with Gasteiger partial charge in [0.15, 0.2) is 5.78 Å². The first-order chi connectivity index (χ1) is 14.3. The normalized spacial score (nSPS) is 15.5. The summed E-state index contributed by atoms with van der Waals surface area (Å²) in [6.07, 6.45) is 24.0. The van der Waals surface area contributed by atoms with Gasteiger partial charge in [0.05, 0.1) is 27.7 Å². The molecule has 5 heteroatoms. The molecule has 1 N–H and O–H groups in total. The summed E-state index contributed by atoms with van der Waals surface area (Å²) in [5, 5.41) is 0. The topological polar surface area (TPSA) is 46.5 Å². The molecule has 180 valence electrons. The van der Waals surface area contributed by atoms with Gasteiger partial charge in [-0.15, -0.1) is 0 Å². The lowest BCUT2D eigenvalue weighted by Crippen LogP contribution is -2.45. The van der Waals surface area contributed by atoms with Crippen molar-refractivity contribution in [2.45, 2.75) is 122 Å². The monoisotopic (exact) mass is 446 g/mol. The summed E-state index contributed by atoms with van der Waals surface area (Å²) in [7, 11) is 2.33. The lowest BCUT2D eigenvalue weighted by atomic mass is 10.1. The van der Waals surface area contributed by atoms with Crippen LogP contribution >= 0.6 is 7.60 Å². The zero-order chi connectivity index (χ0) is 22.7. The molecule has 0 rings (SSSR count). The van der Waals surface area contributed by atoms with E-state index in [1.807, 2.05) is 28.1 Å². The summed E-state index contributed by atoms with van der Waals surface area (Å²) in [6, 6.07) is 0. The predicted molar refractivity (Wildman–Crippen MR) is 132 cm³/mol. The molecule has 0 bridgehead atoms. The molecule has 0 aliphatic carbocycles. The molecule has 0 amide bonds. The van der Waals surface area contributed by atoms with Gasteiger partial charge in [-0.1, -0.05) is 83.8 Å². The van der Waals surface area contributed by atoms with Gasteiger partial charge < -0.3 is 13.9 Å². The number of hydrogen-bond acceptors (Lipinski definition) is 2. The van der Waals surface area contributed by atoms with Crippen LogP contribution in [0.2, 0.25) is 0 Å². The summed E-state index contributed by atoms with van der Waals surface area (Å²) in [5.74, 6) is -0.341. The van der Waals surface area contributed by atoms with Gasteiger partial charge in [0.1, 0.15) is 0 Å². The van der Waals surface area contributed by atoms with Crippen molar-refractivity contribution < 1.29 is 18.5 Å². The molecule has 0 aromatic heterocycles. The molecule has 0 saturated heterocycles. The van der Waals surface area contributed by atoms with E-state index < -0.39 is 7.60 Å². The lowest BCUT2D eigenvalue weighted by molar-refractivity contribution is -0.883. The molecule has 0 aromatic rings. The molecule has 2 atom stereocenters. The Morgan fingerprint density at radius 1 is 0.767 bits per heavy atom. The fourth-order valence-electron chi connectivity index (χ4n) is 3.88.